The molecule has 0 aliphatic carbocycles. The van der Waals surface area contributed by atoms with Gasteiger partial charge in [0, 0.05) is 17.0 Å². The maximum absolute atomic E-state index is 12.8. The number of anilines is 1. The first-order valence-electron chi connectivity index (χ1n) is 10.1. The molecule has 158 valence electrons. The van der Waals surface area contributed by atoms with E-state index in [0.717, 1.165) is 33.0 Å². The van der Waals surface area contributed by atoms with Crippen LogP contribution in [0.3, 0.4) is 0 Å². The van der Waals surface area contributed by atoms with E-state index in [0.29, 0.717) is 24.4 Å². The van der Waals surface area contributed by atoms with Crippen LogP contribution in [0.15, 0.2) is 71.6 Å². The lowest BCUT2D eigenvalue weighted by molar-refractivity contribution is -0.116. The molecule has 0 unspecified atom stereocenters. The van der Waals surface area contributed by atoms with Gasteiger partial charge in [-0.05, 0) is 53.9 Å². The van der Waals surface area contributed by atoms with Gasteiger partial charge >= 0.3 is 0 Å². The lowest BCUT2D eigenvalue weighted by Gasteiger charge is -2.30. The number of hydrogen-bond donors (Lipinski definition) is 1. The number of hydrogen-bond acceptors (Lipinski definition) is 4. The number of thioether (sulfide) groups is 1. The fourth-order valence-electron chi connectivity index (χ4n) is 3.54. The average Bonchev–Trinajstić information content (AvgIpc) is 2.80. The lowest BCUT2D eigenvalue weighted by atomic mass is 10.1. The van der Waals surface area contributed by atoms with E-state index in [-0.39, 0.29) is 11.8 Å². The Kier molecular flexibility index (Phi) is 6.28. The number of ether oxygens (including phenoxy) is 1. The number of nitrogens with one attached hydrogen (secondary N) is 1. The quantitative estimate of drug-likeness (QED) is 0.620. The van der Waals surface area contributed by atoms with E-state index in [1.54, 1.807) is 12.0 Å². The van der Waals surface area contributed by atoms with Crippen molar-refractivity contribution in [2.24, 2.45) is 0 Å². The summed E-state index contributed by atoms with van der Waals surface area (Å²) in [4.78, 5) is 28.3. The van der Waals surface area contributed by atoms with Crippen LogP contribution in [0.1, 0.15) is 27.0 Å². The Morgan fingerprint density at radius 3 is 2.74 bits per heavy atom. The van der Waals surface area contributed by atoms with Gasteiger partial charge in [0.25, 0.3) is 5.91 Å². The second kappa shape index (κ2) is 9.27. The van der Waals surface area contributed by atoms with Crippen molar-refractivity contribution in [3.05, 3.63) is 89.0 Å². The molecule has 4 rings (SSSR count). The van der Waals surface area contributed by atoms with Gasteiger partial charge in [0.15, 0.2) is 0 Å². The van der Waals surface area contributed by atoms with Gasteiger partial charge in [-0.1, -0.05) is 36.4 Å². The number of carbonyl (C=O) groups excluding carboxylic acids is 2. The first kappa shape index (κ1) is 21.0. The molecular formula is C25H24N2O3S. The highest BCUT2D eigenvalue weighted by Crippen LogP contribution is 2.37. The van der Waals surface area contributed by atoms with E-state index < -0.39 is 0 Å². The summed E-state index contributed by atoms with van der Waals surface area (Å²) < 4.78 is 5.24. The van der Waals surface area contributed by atoms with Crippen molar-refractivity contribution in [2.75, 3.05) is 17.8 Å². The Labute approximate surface area is 186 Å². The Bertz CT molecular complexity index is 1130. The van der Waals surface area contributed by atoms with E-state index in [1.807, 2.05) is 73.7 Å². The average molecular weight is 433 g/mol. The number of benzene rings is 3. The second-order valence-corrected chi connectivity index (χ2v) is 8.43. The Balaban J connectivity index is 1.54. The van der Waals surface area contributed by atoms with E-state index in [4.69, 9.17) is 4.74 Å². The molecule has 0 bridgehead atoms. The minimum atomic E-state index is -0.176. The van der Waals surface area contributed by atoms with E-state index in [9.17, 15) is 9.59 Å². The Hall–Kier alpha value is -3.25. The fourth-order valence-corrected chi connectivity index (χ4v) is 4.46. The monoisotopic (exact) mass is 432 g/mol. The maximum atomic E-state index is 12.8. The van der Waals surface area contributed by atoms with Crippen molar-refractivity contribution in [3.8, 4) is 5.75 Å². The molecule has 0 atom stereocenters. The highest BCUT2D eigenvalue weighted by Gasteiger charge is 2.26. The molecule has 5 nitrogen and oxygen atoms in total. The minimum absolute atomic E-state index is 0.0506. The molecule has 6 heteroatoms. The first-order chi connectivity index (χ1) is 15.0. The van der Waals surface area contributed by atoms with Gasteiger partial charge in [-0.3, -0.25) is 9.59 Å². The summed E-state index contributed by atoms with van der Waals surface area (Å²) in [6, 6.07) is 21.2. The maximum Gasteiger partial charge on any atom is 0.251 e. The summed E-state index contributed by atoms with van der Waals surface area (Å²) in [6.07, 6.45) is 0. The van der Waals surface area contributed by atoms with Crippen LogP contribution in [-0.2, 0) is 17.9 Å². The Morgan fingerprint density at radius 2 is 1.94 bits per heavy atom. The number of rotatable bonds is 6. The van der Waals surface area contributed by atoms with Crippen molar-refractivity contribution in [1.82, 2.24) is 5.32 Å². The van der Waals surface area contributed by atoms with Gasteiger partial charge in [0.05, 0.1) is 25.1 Å². The normalized spacial score (nSPS) is 13.0. The van der Waals surface area contributed by atoms with Gasteiger partial charge in [-0.2, -0.15) is 0 Å². The number of amides is 2. The molecule has 1 aliphatic rings. The Morgan fingerprint density at radius 1 is 1.10 bits per heavy atom. The number of aryl methyl sites for hydroxylation is 1. The zero-order chi connectivity index (χ0) is 21.8. The molecule has 2 amide bonds. The summed E-state index contributed by atoms with van der Waals surface area (Å²) in [5, 5.41) is 2.95. The van der Waals surface area contributed by atoms with E-state index in [2.05, 4.69) is 5.32 Å². The van der Waals surface area contributed by atoms with Crippen LogP contribution in [0.5, 0.6) is 5.75 Å². The van der Waals surface area contributed by atoms with Crippen LogP contribution >= 0.6 is 11.8 Å². The third kappa shape index (κ3) is 4.75. The van der Waals surface area contributed by atoms with Crippen molar-refractivity contribution in [2.45, 2.75) is 24.9 Å². The molecular weight excluding hydrogens is 408 g/mol. The van der Waals surface area contributed by atoms with Crippen molar-refractivity contribution in [3.63, 3.8) is 0 Å². The van der Waals surface area contributed by atoms with Crippen LogP contribution < -0.4 is 15.0 Å². The molecule has 3 aromatic carbocycles. The number of carbonyl (C=O) groups is 2. The number of methoxy groups -OCH3 is 1. The number of nitrogens with zero attached hydrogens (tertiary/aromatic N) is 1. The molecule has 1 aliphatic heterocycles. The predicted molar refractivity (Wildman–Crippen MR) is 124 cm³/mol. The molecule has 0 fully saturated rings. The molecule has 0 spiro atoms. The molecule has 0 saturated carbocycles. The van der Waals surface area contributed by atoms with Gasteiger partial charge in [0.1, 0.15) is 5.75 Å². The first-order valence-corrected chi connectivity index (χ1v) is 11.1. The lowest BCUT2D eigenvalue weighted by Crippen LogP contribution is -2.35. The fraction of sp³-hybridized carbons (Fsp3) is 0.200. The summed E-state index contributed by atoms with van der Waals surface area (Å²) in [7, 11) is 1.62. The smallest absolute Gasteiger partial charge is 0.251 e. The van der Waals surface area contributed by atoms with Gasteiger partial charge < -0.3 is 15.0 Å². The SMILES string of the molecule is COc1cccc(CNC(=O)c2ccc3c(c2)N(Cc2ccccc2C)C(=O)CS3)c1. The molecule has 31 heavy (non-hydrogen) atoms. The van der Waals surface area contributed by atoms with Crippen LogP contribution in [0, 0.1) is 6.92 Å². The van der Waals surface area contributed by atoms with Crippen LogP contribution in [0.2, 0.25) is 0 Å². The van der Waals surface area contributed by atoms with Crippen molar-refractivity contribution >= 4 is 29.3 Å². The minimum Gasteiger partial charge on any atom is -0.497 e. The largest absolute Gasteiger partial charge is 0.497 e. The van der Waals surface area contributed by atoms with Crippen molar-refractivity contribution in [1.29, 1.82) is 0 Å². The van der Waals surface area contributed by atoms with Crippen LogP contribution in [-0.4, -0.2) is 24.7 Å². The van der Waals surface area contributed by atoms with Crippen LogP contribution in [0.25, 0.3) is 0 Å². The highest BCUT2D eigenvalue weighted by molar-refractivity contribution is 8.00. The van der Waals surface area contributed by atoms with Crippen molar-refractivity contribution < 1.29 is 14.3 Å². The van der Waals surface area contributed by atoms with E-state index >= 15 is 0 Å². The zero-order valence-electron chi connectivity index (χ0n) is 17.6. The van der Waals surface area contributed by atoms with Gasteiger partial charge in [-0.25, -0.2) is 0 Å². The summed E-state index contributed by atoms with van der Waals surface area (Å²) in [5.74, 6) is 1.03. The second-order valence-electron chi connectivity index (χ2n) is 7.41. The summed E-state index contributed by atoms with van der Waals surface area (Å²) in [5.41, 5.74) is 4.52. The molecule has 1 N–H and O–H groups in total. The molecule has 1 heterocycles. The molecule has 0 aromatic heterocycles. The zero-order valence-corrected chi connectivity index (χ0v) is 18.4. The molecule has 0 radical (unpaired) electrons. The highest BCUT2D eigenvalue weighted by atomic mass is 32.2. The standard InChI is InChI=1S/C25H24N2O3S/c1-17-6-3-4-8-20(17)15-27-22-13-19(10-11-23(22)31-16-24(27)28)25(29)26-14-18-7-5-9-21(12-18)30-2/h3-13H,14-16H2,1-2H3,(H,26,29). The van der Waals surface area contributed by atoms with E-state index in [1.165, 1.54) is 11.8 Å². The molecule has 0 saturated heterocycles. The van der Waals surface area contributed by atoms with Gasteiger partial charge in [0.2, 0.25) is 5.91 Å². The summed E-state index contributed by atoms with van der Waals surface area (Å²) in [6.45, 7) is 2.93. The third-order valence-corrected chi connectivity index (χ3v) is 6.39. The predicted octanol–water partition coefficient (Wildman–Crippen LogP) is 4.57. The number of fused-ring (bicyclic) bond motifs is 1. The van der Waals surface area contributed by atoms with Gasteiger partial charge in [-0.15, -0.1) is 11.8 Å². The molecule has 3 aromatic rings. The van der Waals surface area contributed by atoms with Crippen LogP contribution in [0.4, 0.5) is 5.69 Å². The topological polar surface area (TPSA) is 58.6 Å². The third-order valence-electron chi connectivity index (χ3n) is 5.34. The summed E-state index contributed by atoms with van der Waals surface area (Å²) >= 11 is 1.51.